The van der Waals surface area contributed by atoms with Crippen LogP contribution >= 0.6 is 0 Å². The highest BCUT2D eigenvalue weighted by Crippen LogP contribution is 2.47. The van der Waals surface area contributed by atoms with E-state index in [0.29, 0.717) is 24.6 Å². The third-order valence-corrected chi connectivity index (χ3v) is 6.00. The van der Waals surface area contributed by atoms with Gasteiger partial charge in [-0.05, 0) is 18.8 Å². The topological polar surface area (TPSA) is 104 Å². The Labute approximate surface area is 158 Å². The fourth-order valence-corrected chi connectivity index (χ4v) is 3.62. The first-order chi connectivity index (χ1) is 13.0. The number of likely N-dealkylation sites (tertiary alicyclic amines) is 1. The van der Waals surface area contributed by atoms with Crippen LogP contribution in [0, 0.1) is 11.3 Å². The molecule has 2 aromatic rings. The van der Waals surface area contributed by atoms with Gasteiger partial charge in [0.15, 0.2) is 0 Å². The van der Waals surface area contributed by atoms with Gasteiger partial charge in [-0.2, -0.15) is 0 Å². The summed E-state index contributed by atoms with van der Waals surface area (Å²) in [6, 6.07) is 0. The van der Waals surface area contributed by atoms with Gasteiger partial charge in [-0.3, -0.25) is 4.79 Å². The molecule has 142 valence electrons. The lowest BCUT2D eigenvalue weighted by atomic mass is 9.82. The van der Waals surface area contributed by atoms with E-state index in [-0.39, 0.29) is 29.4 Å². The molecule has 1 saturated heterocycles. The summed E-state index contributed by atoms with van der Waals surface area (Å²) in [4.78, 5) is 31.4. The van der Waals surface area contributed by atoms with E-state index in [0.717, 1.165) is 18.4 Å². The van der Waals surface area contributed by atoms with E-state index in [1.807, 2.05) is 6.92 Å². The van der Waals surface area contributed by atoms with Gasteiger partial charge in [-0.15, -0.1) is 0 Å². The molecule has 8 heteroatoms. The van der Waals surface area contributed by atoms with Gasteiger partial charge >= 0.3 is 0 Å². The molecule has 2 N–H and O–H groups in total. The number of aromatic nitrogens is 4. The summed E-state index contributed by atoms with van der Waals surface area (Å²) in [5.41, 5.74) is 1.01. The molecule has 27 heavy (non-hydrogen) atoms. The van der Waals surface area contributed by atoms with Crippen molar-refractivity contribution in [3.8, 4) is 0 Å². The van der Waals surface area contributed by atoms with Gasteiger partial charge in [-0.25, -0.2) is 19.9 Å². The zero-order chi connectivity index (χ0) is 19.1. The van der Waals surface area contributed by atoms with Crippen LogP contribution in [0.1, 0.15) is 42.6 Å². The maximum atomic E-state index is 12.8. The van der Waals surface area contributed by atoms with Crippen molar-refractivity contribution < 1.29 is 9.90 Å². The third kappa shape index (κ3) is 3.25. The summed E-state index contributed by atoms with van der Waals surface area (Å²) >= 11 is 0. The van der Waals surface area contributed by atoms with Crippen molar-refractivity contribution in [2.75, 3.05) is 25.0 Å². The minimum atomic E-state index is -0.256. The van der Waals surface area contributed by atoms with Crippen molar-refractivity contribution in [3.05, 3.63) is 42.2 Å². The summed E-state index contributed by atoms with van der Waals surface area (Å²) in [7, 11) is 0. The summed E-state index contributed by atoms with van der Waals surface area (Å²) in [5.74, 6) is 0.641. The van der Waals surface area contributed by atoms with Gasteiger partial charge < -0.3 is 15.3 Å². The SMILES string of the molecule is CC1CN(C(=O)c2cnc(NC3(c4cncnc4)CC3)nc2)C[C@]1(C)CO. The molecule has 1 aliphatic carbocycles. The van der Waals surface area contributed by atoms with Crippen molar-refractivity contribution in [1.29, 1.82) is 0 Å². The molecule has 3 heterocycles. The summed E-state index contributed by atoms with van der Waals surface area (Å²) < 4.78 is 0. The Bertz CT molecular complexity index is 824. The maximum absolute atomic E-state index is 12.8. The zero-order valence-electron chi connectivity index (χ0n) is 15.6. The Hall–Kier alpha value is -2.61. The predicted octanol–water partition coefficient (Wildman–Crippen LogP) is 1.46. The second-order valence-electron chi connectivity index (χ2n) is 8.03. The maximum Gasteiger partial charge on any atom is 0.257 e. The van der Waals surface area contributed by atoms with Crippen LogP contribution in [0.25, 0.3) is 0 Å². The molecule has 1 aliphatic heterocycles. The normalized spacial score (nSPS) is 26.0. The number of carbonyl (C=O) groups is 1. The first-order valence-electron chi connectivity index (χ1n) is 9.22. The van der Waals surface area contributed by atoms with Gasteiger partial charge in [0, 0.05) is 48.9 Å². The number of aliphatic hydroxyl groups is 1. The number of nitrogens with one attached hydrogen (secondary N) is 1. The first-order valence-corrected chi connectivity index (χ1v) is 9.22. The third-order valence-electron chi connectivity index (χ3n) is 6.00. The predicted molar refractivity (Wildman–Crippen MR) is 98.9 cm³/mol. The molecule has 8 nitrogen and oxygen atoms in total. The molecule has 2 aliphatic rings. The van der Waals surface area contributed by atoms with E-state index in [1.54, 1.807) is 29.7 Å². The number of rotatable bonds is 5. The molecular formula is C19H24N6O2. The molecule has 2 aromatic heterocycles. The molecule has 0 radical (unpaired) electrons. The molecule has 1 unspecified atom stereocenters. The molecule has 2 atom stereocenters. The van der Waals surface area contributed by atoms with Crippen LogP contribution in [-0.2, 0) is 5.54 Å². The number of amides is 1. The molecular weight excluding hydrogens is 344 g/mol. The molecule has 1 saturated carbocycles. The molecule has 0 aromatic carbocycles. The van der Waals surface area contributed by atoms with Crippen molar-refractivity contribution >= 4 is 11.9 Å². The Balaban J connectivity index is 1.45. The fraction of sp³-hybridized carbons (Fsp3) is 0.526. The number of hydrogen-bond donors (Lipinski definition) is 2. The van der Waals surface area contributed by atoms with Gasteiger partial charge in [0.05, 0.1) is 17.7 Å². The molecule has 0 bridgehead atoms. The zero-order valence-corrected chi connectivity index (χ0v) is 15.6. The highest BCUT2D eigenvalue weighted by molar-refractivity contribution is 5.94. The fourth-order valence-electron chi connectivity index (χ4n) is 3.62. The minimum Gasteiger partial charge on any atom is -0.396 e. The lowest BCUT2D eigenvalue weighted by Crippen LogP contribution is -2.33. The van der Waals surface area contributed by atoms with Gasteiger partial charge in [-0.1, -0.05) is 13.8 Å². The lowest BCUT2D eigenvalue weighted by molar-refractivity contribution is 0.0748. The highest BCUT2D eigenvalue weighted by Gasteiger charge is 2.46. The van der Waals surface area contributed by atoms with Gasteiger partial charge in [0.25, 0.3) is 5.91 Å². The van der Waals surface area contributed by atoms with Crippen molar-refractivity contribution in [2.45, 2.75) is 32.2 Å². The van der Waals surface area contributed by atoms with Crippen molar-refractivity contribution in [2.24, 2.45) is 11.3 Å². The summed E-state index contributed by atoms with van der Waals surface area (Å²) in [5, 5.41) is 13.0. The molecule has 4 rings (SSSR count). The largest absolute Gasteiger partial charge is 0.396 e. The highest BCUT2D eigenvalue weighted by atomic mass is 16.3. The average Bonchev–Trinajstić information content (AvgIpc) is 3.42. The molecule has 0 spiro atoms. The van der Waals surface area contributed by atoms with Crippen LogP contribution in [0.2, 0.25) is 0 Å². The molecule has 1 amide bonds. The van der Waals surface area contributed by atoms with E-state index in [4.69, 9.17) is 0 Å². The Morgan fingerprint density at radius 3 is 2.48 bits per heavy atom. The van der Waals surface area contributed by atoms with Gasteiger partial charge in [0.2, 0.25) is 5.95 Å². The Morgan fingerprint density at radius 1 is 1.26 bits per heavy atom. The van der Waals surface area contributed by atoms with Crippen LogP contribution < -0.4 is 5.32 Å². The minimum absolute atomic E-state index is 0.0720. The summed E-state index contributed by atoms with van der Waals surface area (Å²) in [6.45, 7) is 5.32. The van der Waals surface area contributed by atoms with E-state index in [2.05, 4.69) is 32.2 Å². The Kier molecular flexibility index (Phi) is 4.30. The van der Waals surface area contributed by atoms with Crippen LogP contribution in [0.5, 0.6) is 0 Å². The van der Waals surface area contributed by atoms with E-state index in [9.17, 15) is 9.90 Å². The number of carbonyl (C=O) groups excluding carboxylic acids is 1. The Morgan fingerprint density at radius 2 is 1.93 bits per heavy atom. The van der Waals surface area contributed by atoms with Crippen LogP contribution in [0.3, 0.4) is 0 Å². The van der Waals surface area contributed by atoms with E-state index in [1.165, 1.54) is 6.33 Å². The number of anilines is 1. The monoisotopic (exact) mass is 368 g/mol. The van der Waals surface area contributed by atoms with Crippen molar-refractivity contribution in [3.63, 3.8) is 0 Å². The van der Waals surface area contributed by atoms with Crippen LogP contribution in [0.4, 0.5) is 5.95 Å². The van der Waals surface area contributed by atoms with Crippen molar-refractivity contribution in [1.82, 2.24) is 24.8 Å². The van der Waals surface area contributed by atoms with E-state index >= 15 is 0 Å². The number of hydrogen-bond acceptors (Lipinski definition) is 7. The average molecular weight is 368 g/mol. The smallest absolute Gasteiger partial charge is 0.257 e. The van der Waals surface area contributed by atoms with Gasteiger partial charge in [0.1, 0.15) is 6.33 Å². The quantitative estimate of drug-likeness (QED) is 0.823. The van der Waals surface area contributed by atoms with Crippen LogP contribution in [0.15, 0.2) is 31.1 Å². The van der Waals surface area contributed by atoms with Crippen LogP contribution in [-0.4, -0.2) is 55.5 Å². The second-order valence-corrected chi connectivity index (χ2v) is 8.03. The summed E-state index contributed by atoms with van der Waals surface area (Å²) in [6.07, 6.45) is 10.2. The first kappa shape index (κ1) is 17.8. The second kappa shape index (κ2) is 6.53. The lowest BCUT2D eigenvalue weighted by Gasteiger charge is -2.25. The molecule has 2 fully saturated rings. The number of aliphatic hydroxyl groups excluding tert-OH is 1. The van der Waals surface area contributed by atoms with E-state index < -0.39 is 0 Å². The number of nitrogens with zero attached hydrogens (tertiary/aromatic N) is 5. The standard InChI is InChI=1S/C19H24N6O2/c1-13-9-25(10-18(13,2)11-26)16(27)14-5-22-17(23-6-14)24-19(3-4-19)15-7-20-12-21-8-15/h5-8,12-13,26H,3-4,9-11H2,1-2H3,(H,22,23,24)/t13?,18-/m1/s1.